The minimum atomic E-state index is -4.51. The van der Waals surface area contributed by atoms with E-state index in [0.717, 1.165) is 17.5 Å². The zero-order valence-electron chi connectivity index (χ0n) is 18.5. The van der Waals surface area contributed by atoms with Crippen LogP contribution in [-0.4, -0.2) is 12.8 Å². The van der Waals surface area contributed by atoms with Gasteiger partial charge in [0.25, 0.3) is 0 Å². The van der Waals surface area contributed by atoms with Crippen molar-refractivity contribution >= 4 is 0 Å². The van der Waals surface area contributed by atoms with Crippen LogP contribution in [0, 0.1) is 23.6 Å². The molecule has 0 radical (unpaired) electrons. The highest BCUT2D eigenvalue weighted by molar-refractivity contribution is 5.45. The van der Waals surface area contributed by atoms with Gasteiger partial charge in [-0.1, -0.05) is 56.6 Å². The number of halogens is 4. The van der Waals surface area contributed by atoms with Gasteiger partial charge in [0.1, 0.15) is 0 Å². The predicted molar refractivity (Wildman–Crippen MR) is 119 cm³/mol. The second kappa shape index (κ2) is 11.4. The number of benzene rings is 2. The molecule has 1 aliphatic carbocycles. The van der Waals surface area contributed by atoms with Gasteiger partial charge >= 0.3 is 6.18 Å². The molecular weight excluding hydrogens is 416 g/mol. The Morgan fingerprint density at radius 2 is 1.56 bits per heavy atom. The van der Waals surface area contributed by atoms with Gasteiger partial charge in [-0.2, -0.15) is 13.2 Å². The standard InChI is InChI=1S/C27H30F4O/c1-2-3-4-5-20-8-13-23(14-9-20)24-15-10-21(11-16-24)6-7-22-12-17-26(25(28)18-22)32-19-27(29,30)31/h10-12,15-18,20,23H,2-5,8-9,13-14,19H2,1H3. The van der Waals surface area contributed by atoms with Crippen LogP contribution < -0.4 is 4.74 Å². The van der Waals surface area contributed by atoms with Crippen molar-refractivity contribution in [3.8, 4) is 17.6 Å². The summed E-state index contributed by atoms with van der Waals surface area (Å²) in [7, 11) is 0. The Bertz CT molecular complexity index is 913. The minimum Gasteiger partial charge on any atom is -0.481 e. The van der Waals surface area contributed by atoms with E-state index >= 15 is 0 Å². The van der Waals surface area contributed by atoms with Crippen LogP contribution in [0.5, 0.6) is 5.75 Å². The molecule has 32 heavy (non-hydrogen) atoms. The zero-order valence-corrected chi connectivity index (χ0v) is 18.5. The largest absolute Gasteiger partial charge is 0.481 e. The summed E-state index contributed by atoms with van der Waals surface area (Å²) in [6.07, 6.45) is 5.93. The van der Waals surface area contributed by atoms with Gasteiger partial charge in [0, 0.05) is 11.1 Å². The summed E-state index contributed by atoms with van der Waals surface area (Å²) in [6.45, 7) is 0.721. The molecule has 1 aliphatic rings. The van der Waals surface area contributed by atoms with Crippen LogP contribution in [0.1, 0.15) is 80.9 Å². The van der Waals surface area contributed by atoms with E-state index in [1.165, 1.54) is 69.1 Å². The monoisotopic (exact) mass is 446 g/mol. The van der Waals surface area contributed by atoms with E-state index in [1.54, 1.807) is 0 Å². The average Bonchev–Trinajstić information content (AvgIpc) is 2.77. The maximum atomic E-state index is 14.0. The molecule has 0 spiro atoms. The highest BCUT2D eigenvalue weighted by atomic mass is 19.4. The van der Waals surface area contributed by atoms with Gasteiger partial charge < -0.3 is 4.74 Å². The molecule has 0 atom stereocenters. The van der Waals surface area contributed by atoms with Crippen molar-refractivity contribution < 1.29 is 22.3 Å². The van der Waals surface area contributed by atoms with Crippen molar-refractivity contribution in [1.29, 1.82) is 0 Å². The van der Waals surface area contributed by atoms with Crippen molar-refractivity contribution in [2.45, 2.75) is 70.4 Å². The van der Waals surface area contributed by atoms with E-state index in [1.807, 2.05) is 12.1 Å². The lowest BCUT2D eigenvalue weighted by atomic mass is 9.77. The summed E-state index contributed by atoms with van der Waals surface area (Å²) in [5, 5.41) is 0. The van der Waals surface area contributed by atoms with Crippen LogP contribution in [-0.2, 0) is 0 Å². The molecule has 1 nitrogen and oxygen atoms in total. The normalized spacial score (nSPS) is 18.7. The maximum absolute atomic E-state index is 14.0. The lowest BCUT2D eigenvalue weighted by Gasteiger charge is -2.29. The highest BCUT2D eigenvalue weighted by Gasteiger charge is 2.29. The molecule has 2 aromatic rings. The first kappa shape index (κ1) is 24.2. The Kier molecular flexibility index (Phi) is 8.61. The third-order valence-electron chi connectivity index (χ3n) is 6.12. The third-order valence-corrected chi connectivity index (χ3v) is 6.12. The lowest BCUT2D eigenvalue weighted by Crippen LogP contribution is -2.19. The third kappa shape index (κ3) is 7.58. The van der Waals surface area contributed by atoms with Gasteiger partial charge in [-0.05, 0) is 73.4 Å². The Labute approximate surface area is 188 Å². The number of ether oxygens (including phenoxy) is 1. The fraction of sp³-hybridized carbons (Fsp3) is 0.481. The molecule has 0 heterocycles. The van der Waals surface area contributed by atoms with Crippen molar-refractivity contribution in [3.05, 3.63) is 65.0 Å². The van der Waals surface area contributed by atoms with Gasteiger partial charge in [-0.25, -0.2) is 4.39 Å². The number of unbranched alkanes of at least 4 members (excludes halogenated alkanes) is 2. The van der Waals surface area contributed by atoms with Crippen molar-refractivity contribution in [2.75, 3.05) is 6.61 Å². The van der Waals surface area contributed by atoms with Crippen LogP contribution in [0.3, 0.4) is 0 Å². The molecule has 0 unspecified atom stereocenters. The number of hydrogen-bond acceptors (Lipinski definition) is 1. The average molecular weight is 447 g/mol. The van der Waals surface area contributed by atoms with Gasteiger partial charge in [0.2, 0.25) is 0 Å². The van der Waals surface area contributed by atoms with Crippen LogP contribution in [0.25, 0.3) is 0 Å². The summed E-state index contributed by atoms with van der Waals surface area (Å²) < 4.78 is 55.1. The molecule has 0 aliphatic heterocycles. The Morgan fingerprint density at radius 3 is 2.19 bits per heavy atom. The van der Waals surface area contributed by atoms with E-state index in [4.69, 9.17) is 0 Å². The van der Waals surface area contributed by atoms with Crippen LogP contribution in [0.4, 0.5) is 17.6 Å². The molecule has 172 valence electrons. The van der Waals surface area contributed by atoms with Crippen LogP contribution in [0.2, 0.25) is 0 Å². The molecule has 1 saturated carbocycles. The smallest absolute Gasteiger partial charge is 0.422 e. The zero-order chi connectivity index (χ0) is 23.0. The van der Waals surface area contributed by atoms with Crippen LogP contribution >= 0.6 is 0 Å². The van der Waals surface area contributed by atoms with Crippen molar-refractivity contribution in [3.63, 3.8) is 0 Å². The Hall–Kier alpha value is -2.48. The number of rotatable bonds is 7. The summed E-state index contributed by atoms with van der Waals surface area (Å²) in [4.78, 5) is 0. The first-order valence-corrected chi connectivity index (χ1v) is 11.4. The molecule has 0 bridgehead atoms. The summed E-state index contributed by atoms with van der Waals surface area (Å²) in [6, 6.07) is 11.9. The van der Waals surface area contributed by atoms with E-state index in [0.29, 0.717) is 11.5 Å². The molecule has 0 amide bonds. The summed E-state index contributed by atoms with van der Waals surface area (Å²) in [5.74, 6) is 6.05. The molecule has 2 aromatic carbocycles. The Morgan fingerprint density at radius 1 is 0.906 bits per heavy atom. The first-order valence-electron chi connectivity index (χ1n) is 11.4. The van der Waals surface area contributed by atoms with Gasteiger partial charge in [-0.15, -0.1) is 0 Å². The van der Waals surface area contributed by atoms with Crippen LogP contribution in [0.15, 0.2) is 42.5 Å². The van der Waals surface area contributed by atoms with E-state index in [9.17, 15) is 17.6 Å². The Balaban J connectivity index is 1.54. The summed E-state index contributed by atoms with van der Waals surface area (Å²) >= 11 is 0. The SMILES string of the molecule is CCCCCC1CCC(c2ccc(C#Cc3ccc(OCC(F)(F)F)c(F)c3)cc2)CC1. The van der Waals surface area contributed by atoms with Crippen molar-refractivity contribution in [1.82, 2.24) is 0 Å². The first-order chi connectivity index (χ1) is 15.3. The molecule has 0 saturated heterocycles. The molecule has 0 N–H and O–H groups in total. The predicted octanol–water partition coefficient (Wildman–Crippen LogP) is 8.02. The molecule has 3 rings (SSSR count). The quantitative estimate of drug-likeness (QED) is 0.238. The fourth-order valence-corrected chi connectivity index (χ4v) is 4.31. The van der Waals surface area contributed by atoms with Gasteiger partial charge in [0.15, 0.2) is 18.2 Å². The second-order valence-corrected chi connectivity index (χ2v) is 8.63. The van der Waals surface area contributed by atoms with Gasteiger partial charge in [-0.3, -0.25) is 0 Å². The highest BCUT2D eigenvalue weighted by Crippen LogP contribution is 2.37. The number of alkyl halides is 3. The van der Waals surface area contributed by atoms with E-state index in [2.05, 4.69) is 35.6 Å². The van der Waals surface area contributed by atoms with E-state index in [-0.39, 0.29) is 0 Å². The lowest BCUT2D eigenvalue weighted by molar-refractivity contribution is -0.153. The summed E-state index contributed by atoms with van der Waals surface area (Å²) in [5.41, 5.74) is 2.55. The molecular formula is C27H30F4O. The van der Waals surface area contributed by atoms with Gasteiger partial charge in [0.05, 0.1) is 0 Å². The molecule has 5 heteroatoms. The maximum Gasteiger partial charge on any atom is 0.422 e. The molecule has 0 aromatic heterocycles. The topological polar surface area (TPSA) is 9.23 Å². The van der Waals surface area contributed by atoms with Crippen molar-refractivity contribution in [2.24, 2.45) is 5.92 Å². The fourth-order valence-electron chi connectivity index (χ4n) is 4.31. The van der Waals surface area contributed by atoms with E-state index < -0.39 is 24.3 Å². The second-order valence-electron chi connectivity index (χ2n) is 8.63. The number of hydrogen-bond donors (Lipinski definition) is 0. The minimum absolute atomic E-state index is 0.382. The molecule has 1 fully saturated rings.